The third kappa shape index (κ3) is 8.86. The first kappa shape index (κ1) is 32.7. The number of nitro benzene ring substituents is 1. The Morgan fingerprint density at radius 1 is 1.02 bits per heavy atom. The Kier molecular flexibility index (Phi) is 11.2. The van der Waals surface area contributed by atoms with Crippen LogP contribution in [0, 0.1) is 17.0 Å². The van der Waals surface area contributed by atoms with Gasteiger partial charge in [0.25, 0.3) is 5.69 Å². The minimum Gasteiger partial charge on any atom is -0.352 e. The molecule has 0 radical (unpaired) electrons. The maximum absolute atomic E-state index is 14.2. The average Bonchev–Trinajstić information content (AvgIpc) is 2.94. The minimum absolute atomic E-state index is 0.0207. The second-order valence-electron chi connectivity index (χ2n) is 10.2. The highest BCUT2D eigenvalue weighted by Gasteiger charge is 2.34. The van der Waals surface area contributed by atoms with Gasteiger partial charge in [0.2, 0.25) is 21.8 Å². The molecule has 0 saturated carbocycles. The number of carbonyl (C=O) groups is 2. The Bertz CT molecular complexity index is 1520. The van der Waals surface area contributed by atoms with Crippen molar-refractivity contribution in [1.29, 1.82) is 0 Å². The van der Waals surface area contributed by atoms with E-state index < -0.39 is 33.4 Å². The molecule has 0 spiro atoms. The monoisotopic (exact) mass is 658 g/mol. The molecule has 0 bridgehead atoms. The van der Waals surface area contributed by atoms with Crippen molar-refractivity contribution in [2.45, 2.75) is 52.2 Å². The van der Waals surface area contributed by atoms with E-state index in [9.17, 15) is 28.1 Å². The molecule has 0 saturated heterocycles. The molecule has 0 aliphatic carbocycles. The van der Waals surface area contributed by atoms with E-state index in [0.29, 0.717) is 12.0 Å². The van der Waals surface area contributed by atoms with Crippen molar-refractivity contribution >= 4 is 49.1 Å². The molecule has 2 unspecified atom stereocenters. The number of hydrogen-bond acceptors (Lipinski definition) is 6. The summed E-state index contributed by atoms with van der Waals surface area (Å²) in [5.41, 5.74) is 1.71. The van der Waals surface area contributed by atoms with Crippen LogP contribution in [0.15, 0.2) is 77.3 Å². The molecule has 42 heavy (non-hydrogen) atoms. The summed E-state index contributed by atoms with van der Waals surface area (Å²) in [5, 5.41) is 14.4. The van der Waals surface area contributed by atoms with Crippen LogP contribution in [0.25, 0.3) is 0 Å². The van der Waals surface area contributed by atoms with Crippen molar-refractivity contribution < 1.29 is 22.9 Å². The zero-order valence-corrected chi connectivity index (χ0v) is 26.4. The summed E-state index contributed by atoms with van der Waals surface area (Å²) in [5.74, 6) is -0.995. The van der Waals surface area contributed by atoms with Gasteiger partial charge in [-0.1, -0.05) is 71.4 Å². The van der Waals surface area contributed by atoms with Gasteiger partial charge in [-0.15, -0.1) is 0 Å². The normalized spacial score (nSPS) is 12.7. The number of hydrogen-bond donors (Lipinski definition) is 1. The summed E-state index contributed by atoms with van der Waals surface area (Å²) in [6.07, 6.45) is 1.81. The summed E-state index contributed by atoms with van der Waals surface area (Å²) in [6.45, 7) is 4.80. The van der Waals surface area contributed by atoms with Gasteiger partial charge in [-0.3, -0.25) is 24.0 Å². The van der Waals surface area contributed by atoms with Crippen LogP contribution in [-0.2, 0) is 32.6 Å². The number of anilines is 1. The van der Waals surface area contributed by atoms with Crippen LogP contribution < -0.4 is 9.62 Å². The van der Waals surface area contributed by atoms with Gasteiger partial charge in [-0.05, 0) is 49.1 Å². The average molecular weight is 660 g/mol. The lowest BCUT2D eigenvalue weighted by Crippen LogP contribution is -2.54. The minimum atomic E-state index is -4.06. The standard InChI is InChI=1S/C30H35BrN4O6S/c1-5-22(3)32-30(37)28(17-23-9-7-6-8-10-23)33(19-24-12-14-25(31)15-13-24)29(36)20-34(42(4,40)41)27-18-26(35(38)39)16-11-21(27)2/h6-16,18,22,28H,5,17,19-20H2,1-4H3,(H,32,37). The molecule has 224 valence electrons. The number of nitro groups is 1. The van der Waals surface area contributed by atoms with Gasteiger partial charge in [-0.2, -0.15) is 0 Å². The van der Waals surface area contributed by atoms with Crippen LogP contribution >= 0.6 is 15.9 Å². The molecular formula is C30H35BrN4O6S. The first-order chi connectivity index (χ1) is 19.8. The Morgan fingerprint density at radius 2 is 1.67 bits per heavy atom. The van der Waals surface area contributed by atoms with E-state index in [1.54, 1.807) is 6.92 Å². The molecular weight excluding hydrogens is 624 g/mol. The van der Waals surface area contributed by atoms with Crippen LogP contribution in [0.4, 0.5) is 11.4 Å². The Labute approximate surface area is 255 Å². The SMILES string of the molecule is CCC(C)NC(=O)C(Cc1ccccc1)N(Cc1ccc(Br)cc1)C(=O)CN(c1cc([N+](=O)[O-])ccc1C)S(C)(=O)=O. The lowest BCUT2D eigenvalue weighted by molar-refractivity contribution is -0.384. The third-order valence-electron chi connectivity index (χ3n) is 6.89. The van der Waals surface area contributed by atoms with Crippen LogP contribution in [0.5, 0.6) is 0 Å². The largest absolute Gasteiger partial charge is 0.352 e. The number of aryl methyl sites for hydroxylation is 1. The second-order valence-corrected chi connectivity index (χ2v) is 13.0. The number of amides is 2. The van der Waals surface area contributed by atoms with E-state index in [0.717, 1.165) is 32.2 Å². The van der Waals surface area contributed by atoms with Gasteiger partial charge in [-0.25, -0.2) is 8.42 Å². The van der Waals surface area contributed by atoms with E-state index in [4.69, 9.17) is 0 Å². The fourth-order valence-electron chi connectivity index (χ4n) is 4.36. The quantitative estimate of drug-likeness (QED) is 0.204. The van der Waals surface area contributed by atoms with Crippen LogP contribution in [0.3, 0.4) is 0 Å². The van der Waals surface area contributed by atoms with E-state index >= 15 is 0 Å². The molecule has 3 aromatic carbocycles. The van der Waals surface area contributed by atoms with Crippen molar-refractivity contribution in [2.24, 2.45) is 0 Å². The van der Waals surface area contributed by atoms with Gasteiger partial charge in [0.1, 0.15) is 12.6 Å². The number of benzene rings is 3. The van der Waals surface area contributed by atoms with Crippen molar-refractivity contribution in [2.75, 3.05) is 17.1 Å². The zero-order chi connectivity index (χ0) is 31.0. The van der Waals surface area contributed by atoms with Gasteiger partial charge in [0.05, 0.1) is 16.9 Å². The number of nitrogens with one attached hydrogen (secondary N) is 1. The van der Waals surface area contributed by atoms with E-state index in [1.165, 1.54) is 17.0 Å². The number of carbonyl (C=O) groups excluding carboxylic acids is 2. The van der Waals surface area contributed by atoms with E-state index in [-0.39, 0.29) is 36.3 Å². The van der Waals surface area contributed by atoms with E-state index in [1.807, 2.05) is 68.4 Å². The molecule has 0 heterocycles. The lowest BCUT2D eigenvalue weighted by Gasteiger charge is -2.34. The van der Waals surface area contributed by atoms with Crippen molar-refractivity contribution in [3.63, 3.8) is 0 Å². The first-order valence-electron chi connectivity index (χ1n) is 13.4. The van der Waals surface area contributed by atoms with E-state index in [2.05, 4.69) is 21.2 Å². The highest BCUT2D eigenvalue weighted by molar-refractivity contribution is 9.10. The van der Waals surface area contributed by atoms with Gasteiger partial charge in [0, 0.05) is 35.6 Å². The van der Waals surface area contributed by atoms with Crippen molar-refractivity contribution in [3.05, 3.63) is 104 Å². The summed E-state index contributed by atoms with van der Waals surface area (Å²) < 4.78 is 27.7. The number of halogens is 1. The number of non-ortho nitro benzene ring substituents is 1. The number of sulfonamides is 1. The topological polar surface area (TPSA) is 130 Å². The Balaban J connectivity index is 2.10. The predicted octanol–water partition coefficient (Wildman–Crippen LogP) is 4.99. The fourth-order valence-corrected chi connectivity index (χ4v) is 5.52. The van der Waals surface area contributed by atoms with Crippen molar-refractivity contribution in [1.82, 2.24) is 10.2 Å². The molecule has 10 nitrogen and oxygen atoms in total. The second kappa shape index (κ2) is 14.4. The molecule has 0 aliphatic rings. The smallest absolute Gasteiger partial charge is 0.271 e. The maximum Gasteiger partial charge on any atom is 0.271 e. The van der Waals surface area contributed by atoms with Crippen LogP contribution in [0.1, 0.15) is 37.0 Å². The highest BCUT2D eigenvalue weighted by atomic mass is 79.9. The molecule has 0 aromatic heterocycles. The lowest BCUT2D eigenvalue weighted by atomic mass is 10.0. The van der Waals surface area contributed by atoms with Crippen molar-refractivity contribution in [3.8, 4) is 0 Å². The summed E-state index contributed by atoms with van der Waals surface area (Å²) in [7, 11) is -4.06. The van der Waals surface area contributed by atoms with Gasteiger partial charge < -0.3 is 10.2 Å². The molecule has 3 aromatic rings. The third-order valence-corrected chi connectivity index (χ3v) is 8.54. The molecule has 3 rings (SSSR count). The molecule has 12 heteroatoms. The molecule has 2 atom stereocenters. The number of rotatable bonds is 13. The number of nitrogens with zero attached hydrogens (tertiary/aromatic N) is 3. The summed E-state index contributed by atoms with van der Waals surface area (Å²) in [6, 6.07) is 19.3. The Morgan fingerprint density at radius 3 is 2.24 bits per heavy atom. The molecule has 0 aliphatic heterocycles. The summed E-state index contributed by atoms with van der Waals surface area (Å²) in [4.78, 5) is 40.1. The van der Waals surface area contributed by atoms with Crippen LogP contribution in [0.2, 0.25) is 0 Å². The maximum atomic E-state index is 14.2. The predicted molar refractivity (Wildman–Crippen MR) is 167 cm³/mol. The molecule has 2 amide bonds. The van der Waals surface area contributed by atoms with Gasteiger partial charge >= 0.3 is 0 Å². The Hall–Kier alpha value is -3.77. The molecule has 1 N–H and O–H groups in total. The van der Waals surface area contributed by atoms with Crippen LogP contribution in [-0.4, -0.2) is 54.9 Å². The highest BCUT2D eigenvalue weighted by Crippen LogP contribution is 2.28. The summed E-state index contributed by atoms with van der Waals surface area (Å²) >= 11 is 3.41. The zero-order valence-electron chi connectivity index (χ0n) is 24.0. The molecule has 0 fully saturated rings. The fraction of sp³-hybridized carbons (Fsp3) is 0.333. The van der Waals surface area contributed by atoms with Gasteiger partial charge in [0.15, 0.2) is 0 Å². The first-order valence-corrected chi connectivity index (χ1v) is 16.0.